The Bertz CT molecular complexity index is 1270. The number of hydrogen-bond donors (Lipinski definition) is 1. The molecule has 0 aromatic heterocycles. The number of nitrogens with one attached hydrogen (secondary N) is 1. The standard InChI is InChI=1S/C32H42N4O6/c1-32(2,3)42-31(40)35-18-16-34(17-19-35)26-13-11-24-14-15-36(30(39)27(24)21-26)22-28(37)33-25(20-29(38)41-4)12-10-23-8-6-5-7-9-23/h5-9,11,13,21,25H,10,12,14-20,22H2,1-4H3,(H,33,37)/t25-/m1/s1. The minimum atomic E-state index is -0.541. The molecule has 0 radical (unpaired) electrons. The summed E-state index contributed by atoms with van der Waals surface area (Å²) in [7, 11) is 1.33. The molecule has 3 amide bonds. The van der Waals surface area contributed by atoms with E-state index in [-0.39, 0.29) is 30.9 Å². The SMILES string of the molecule is COC(=O)C[C@@H](CCc1ccccc1)NC(=O)CN1CCc2ccc(N3CCN(C(=O)OC(C)(C)C)CC3)cc2C1=O. The van der Waals surface area contributed by atoms with E-state index in [1.165, 1.54) is 7.11 Å². The minimum Gasteiger partial charge on any atom is -0.469 e. The Morgan fingerprint density at radius 1 is 0.976 bits per heavy atom. The first-order valence-corrected chi connectivity index (χ1v) is 14.6. The molecule has 2 heterocycles. The summed E-state index contributed by atoms with van der Waals surface area (Å²) in [4.78, 5) is 56.4. The number of esters is 1. The zero-order valence-corrected chi connectivity index (χ0v) is 25.1. The second-order valence-electron chi connectivity index (χ2n) is 11.8. The van der Waals surface area contributed by atoms with E-state index in [4.69, 9.17) is 9.47 Å². The normalized spacial score (nSPS) is 16.0. The molecule has 2 aliphatic rings. The predicted octanol–water partition coefficient (Wildman–Crippen LogP) is 3.42. The molecule has 10 nitrogen and oxygen atoms in total. The van der Waals surface area contributed by atoms with E-state index in [1.54, 1.807) is 9.80 Å². The fraction of sp³-hybridized carbons (Fsp3) is 0.500. The second-order valence-corrected chi connectivity index (χ2v) is 11.8. The van der Waals surface area contributed by atoms with Gasteiger partial charge in [-0.15, -0.1) is 0 Å². The third kappa shape index (κ3) is 8.47. The Morgan fingerprint density at radius 3 is 2.36 bits per heavy atom. The summed E-state index contributed by atoms with van der Waals surface area (Å²) in [5, 5.41) is 2.95. The van der Waals surface area contributed by atoms with Crippen LogP contribution in [0.4, 0.5) is 10.5 Å². The highest BCUT2D eigenvalue weighted by Gasteiger charge is 2.30. The van der Waals surface area contributed by atoms with Gasteiger partial charge in [0.2, 0.25) is 5.91 Å². The number of amides is 3. The lowest BCUT2D eigenvalue weighted by Gasteiger charge is -2.37. The maximum atomic E-state index is 13.5. The quantitative estimate of drug-likeness (QED) is 0.454. The van der Waals surface area contributed by atoms with E-state index in [2.05, 4.69) is 10.2 Å². The summed E-state index contributed by atoms with van der Waals surface area (Å²) >= 11 is 0. The molecule has 1 saturated heterocycles. The minimum absolute atomic E-state index is 0.0659. The maximum absolute atomic E-state index is 13.5. The second kappa shape index (κ2) is 13.7. The molecule has 0 unspecified atom stereocenters. The van der Waals surface area contributed by atoms with Gasteiger partial charge in [-0.3, -0.25) is 14.4 Å². The first-order chi connectivity index (χ1) is 20.0. The largest absolute Gasteiger partial charge is 0.469 e. The molecule has 1 N–H and O–H groups in total. The van der Waals surface area contributed by atoms with Crippen molar-refractivity contribution in [3.05, 3.63) is 65.2 Å². The maximum Gasteiger partial charge on any atom is 0.410 e. The van der Waals surface area contributed by atoms with Gasteiger partial charge in [0, 0.05) is 50.0 Å². The lowest BCUT2D eigenvalue weighted by Crippen LogP contribution is -2.50. The molecule has 0 aliphatic carbocycles. The lowest BCUT2D eigenvalue weighted by atomic mass is 9.97. The van der Waals surface area contributed by atoms with E-state index in [9.17, 15) is 19.2 Å². The monoisotopic (exact) mass is 578 g/mol. The van der Waals surface area contributed by atoms with E-state index >= 15 is 0 Å². The molecule has 2 aromatic carbocycles. The zero-order chi connectivity index (χ0) is 30.3. The van der Waals surface area contributed by atoms with Crippen LogP contribution in [-0.4, -0.2) is 91.7 Å². The molecule has 226 valence electrons. The van der Waals surface area contributed by atoms with Crippen molar-refractivity contribution < 1.29 is 28.7 Å². The summed E-state index contributed by atoms with van der Waals surface area (Å²) in [6.07, 6.45) is 1.68. The number of nitrogens with zero attached hydrogens (tertiary/aromatic N) is 3. The molecule has 0 bridgehead atoms. The Morgan fingerprint density at radius 2 is 1.69 bits per heavy atom. The molecule has 2 aromatic rings. The molecule has 1 fully saturated rings. The molecule has 42 heavy (non-hydrogen) atoms. The highest BCUT2D eigenvalue weighted by molar-refractivity contribution is 5.99. The van der Waals surface area contributed by atoms with Crippen LogP contribution in [0.2, 0.25) is 0 Å². The summed E-state index contributed by atoms with van der Waals surface area (Å²) in [6, 6.07) is 15.4. The first-order valence-electron chi connectivity index (χ1n) is 14.6. The van der Waals surface area contributed by atoms with E-state index in [0.29, 0.717) is 57.5 Å². The summed E-state index contributed by atoms with van der Waals surface area (Å²) < 4.78 is 10.3. The topological polar surface area (TPSA) is 108 Å². The lowest BCUT2D eigenvalue weighted by molar-refractivity contribution is -0.141. The zero-order valence-electron chi connectivity index (χ0n) is 25.1. The van der Waals surface area contributed by atoms with Gasteiger partial charge in [-0.05, 0) is 63.3 Å². The third-order valence-electron chi connectivity index (χ3n) is 7.52. The number of aryl methyl sites for hydroxylation is 1. The van der Waals surface area contributed by atoms with Crippen molar-refractivity contribution in [1.82, 2.24) is 15.1 Å². The van der Waals surface area contributed by atoms with Crippen molar-refractivity contribution in [3.63, 3.8) is 0 Å². The fourth-order valence-corrected chi connectivity index (χ4v) is 5.27. The van der Waals surface area contributed by atoms with Crippen molar-refractivity contribution in [3.8, 4) is 0 Å². The number of rotatable bonds is 9. The molecule has 0 saturated carbocycles. The number of piperazine rings is 1. The van der Waals surface area contributed by atoms with Crippen LogP contribution in [0.3, 0.4) is 0 Å². The van der Waals surface area contributed by atoms with Gasteiger partial charge >= 0.3 is 12.1 Å². The molecular weight excluding hydrogens is 536 g/mol. The van der Waals surface area contributed by atoms with Crippen molar-refractivity contribution in [2.24, 2.45) is 0 Å². The average Bonchev–Trinajstić information content (AvgIpc) is 2.97. The van der Waals surface area contributed by atoms with Crippen LogP contribution in [0.5, 0.6) is 0 Å². The number of anilines is 1. The number of fused-ring (bicyclic) bond motifs is 1. The molecule has 2 aliphatic heterocycles. The highest BCUT2D eigenvalue weighted by atomic mass is 16.6. The van der Waals surface area contributed by atoms with E-state index in [0.717, 1.165) is 16.8 Å². The van der Waals surface area contributed by atoms with Gasteiger partial charge in [0.25, 0.3) is 5.91 Å². The molecular formula is C32H42N4O6. The van der Waals surface area contributed by atoms with Crippen LogP contribution in [-0.2, 0) is 31.9 Å². The van der Waals surface area contributed by atoms with E-state index < -0.39 is 17.6 Å². The van der Waals surface area contributed by atoms with Crippen LogP contribution >= 0.6 is 0 Å². The van der Waals surface area contributed by atoms with Crippen LogP contribution in [0.1, 0.15) is 55.1 Å². The van der Waals surface area contributed by atoms with Crippen LogP contribution in [0.25, 0.3) is 0 Å². The Kier molecular flexibility index (Phi) is 10.1. The number of hydrogen-bond acceptors (Lipinski definition) is 7. The van der Waals surface area contributed by atoms with Gasteiger partial charge in [0.05, 0.1) is 20.1 Å². The summed E-state index contributed by atoms with van der Waals surface area (Å²) in [6.45, 7) is 8.23. The third-order valence-corrected chi connectivity index (χ3v) is 7.52. The first kappa shape index (κ1) is 30.9. The molecule has 0 spiro atoms. The molecule has 10 heteroatoms. The van der Waals surface area contributed by atoms with Gasteiger partial charge in [-0.2, -0.15) is 0 Å². The van der Waals surface area contributed by atoms with Crippen LogP contribution < -0.4 is 10.2 Å². The summed E-state index contributed by atoms with van der Waals surface area (Å²) in [5.74, 6) is -0.881. The Balaban J connectivity index is 1.35. The van der Waals surface area contributed by atoms with Crippen molar-refractivity contribution in [1.29, 1.82) is 0 Å². The van der Waals surface area contributed by atoms with Crippen LogP contribution in [0.15, 0.2) is 48.5 Å². The smallest absolute Gasteiger partial charge is 0.410 e. The highest BCUT2D eigenvalue weighted by Crippen LogP contribution is 2.26. The average molecular weight is 579 g/mol. The molecule has 1 atom stereocenters. The van der Waals surface area contributed by atoms with E-state index in [1.807, 2.05) is 69.3 Å². The number of carbonyl (C=O) groups excluding carboxylic acids is 4. The van der Waals surface area contributed by atoms with Gasteiger partial charge in [-0.1, -0.05) is 36.4 Å². The van der Waals surface area contributed by atoms with Crippen molar-refractivity contribution in [2.75, 3.05) is 51.3 Å². The number of carbonyl (C=O) groups is 4. The van der Waals surface area contributed by atoms with Gasteiger partial charge in [0.15, 0.2) is 0 Å². The van der Waals surface area contributed by atoms with Gasteiger partial charge in [0.1, 0.15) is 5.60 Å². The fourth-order valence-electron chi connectivity index (χ4n) is 5.27. The number of ether oxygens (including phenoxy) is 2. The van der Waals surface area contributed by atoms with Gasteiger partial charge in [-0.25, -0.2) is 4.79 Å². The Hall–Kier alpha value is -4.08. The molecule has 4 rings (SSSR count). The number of methoxy groups -OCH3 is 1. The van der Waals surface area contributed by atoms with Crippen molar-refractivity contribution >= 4 is 29.6 Å². The van der Waals surface area contributed by atoms with Gasteiger partial charge < -0.3 is 29.5 Å². The summed E-state index contributed by atoms with van der Waals surface area (Å²) in [5.41, 5.74) is 3.04. The number of benzene rings is 2. The van der Waals surface area contributed by atoms with Crippen LogP contribution in [0, 0.1) is 0 Å². The van der Waals surface area contributed by atoms with Crippen molar-refractivity contribution in [2.45, 2.75) is 58.1 Å². The predicted molar refractivity (Wildman–Crippen MR) is 159 cm³/mol. The Labute approximate surface area is 247 Å².